The predicted octanol–water partition coefficient (Wildman–Crippen LogP) is 1.93. The maximum Gasteiger partial charge on any atom is 0.156 e. The van der Waals surface area contributed by atoms with Gasteiger partial charge in [0.15, 0.2) is 5.65 Å². The van der Waals surface area contributed by atoms with E-state index in [1.54, 1.807) is 0 Å². The van der Waals surface area contributed by atoms with E-state index in [2.05, 4.69) is 21.5 Å². The first-order valence-corrected chi connectivity index (χ1v) is 7.54. The highest BCUT2D eigenvalue weighted by molar-refractivity contribution is 5.75. The van der Waals surface area contributed by atoms with Gasteiger partial charge < -0.3 is 15.0 Å². The van der Waals surface area contributed by atoms with Gasteiger partial charge in [-0.25, -0.2) is 9.97 Å². The van der Waals surface area contributed by atoms with E-state index in [0.29, 0.717) is 11.8 Å². The van der Waals surface area contributed by atoms with Crippen LogP contribution in [0, 0.1) is 0 Å². The number of nitrogens with zero attached hydrogens (tertiary/aromatic N) is 2. The van der Waals surface area contributed by atoms with Crippen LogP contribution in [-0.2, 0) is 4.74 Å². The van der Waals surface area contributed by atoms with Crippen LogP contribution in [0.3, 0.4) is 0 Å². The van der Waals surface area contributed by atoms with E-state index in [-0.39, 0.29) is 0 Å². The van der Waals surface area contributed by atoms with E-state index in [9.17, 15) is 0 Å². The Balaban J connectivity index is 1.71. The number of fused-ring (bicyclic) bond motifs is 1. The van der Waals surface area contributed by atoms with Crippen molar-refractivity contribution in [3.63, 3.8) is 0 Å². The van der Waals surface area contributed by atoms with E-state index in [1.165, 1.54) is 12.0 Å². The van der Waals surface area contributed by atoms with Crippen LogP contribution in [0.5, 0.6) is 0 Å². The Morgan fingerprint density at radius 1 is 1.15 bits per heavy atom. The molecule has 0 aliphatic carbocycles. The summed E-state index contributed by atoms with van der Waals surface area (Å²) in [6, 6.07) is 0. The maximum absolute atomic E-state index is 5.44. The zero-order valence-corrected chi connectivity index (χ0v) is 11.6. The van der Waals surface area contributed by atoms with Crippen LogP contribution in [0.4, 0.5) is 0 Å². The molecule has 2 aliphatic heterocycles. The molecule has 4 heterocycles. The minimum Gasteiger partial charge on any atom is -0.381 e. The number of rotatable bonds is 2. The lowest BCUT2D eigenvalue weighted by atomic mass is 9.96. The molecule has 0 bridgehead atoms. The minimum atomic E-state index is 0.505. The Kier molecular flexibility index (Phi) is 3.16. The van der Waals surface area contributed by atoms with Crippen molar-refractivity contribution >= 4 is 11.2 Å². The van der Waals surface area contributed by atoms with Crippen molar-refractivity contribution in [3.05, 3.63) is 23.7 Å². The van der Waals surface area contributed by atoms with Gasteiger partial charge in [0, 0.05) is 43.4 Å². The second-order valence-corrected chi connectivity index (χ2v) is 5.81. The Morgan fingerprint density at radius 2 is 2.05 bits per heavy atom. The molecular formula is C15H20N4O. The number of ether oxygens (including phenoxy) is 1. The predicted molar refractivity (Wildman–Crippen MR) is 76.9 cm³/mol. The van der Waals surface area contributed by atoms with Crippen molar-refractivity contribution in [3.8, 4) is 0 Å². The van der Waals surface area contributed by atoms with Gasteiger partial charge in [0.05, 0.1) is 11.9 Å². The molecule has 5 nitrogen and oxygen atoms in total. The highest BCUT2D eigenvalue weighted by Crippen LogP contribution is 2.30. The lowest BCUT2D eigenvalue weighted by Gasteiger charge is -2.21. The molecule has 2 aliphatic rings. The van der Waals surface area contributed by atoms with Crippen LogP contribution >= 0.6 is 0 Å². The van der Waals surface area contributed by atoms with Gasteiger partial charge in [-0.15, -0.1) is 0 Å². The topological polar surface area (TPSA) is 62.8 Å². The van der Waals surface area contributed by atoms with E-state index >= 15 is 0 Å². The monoisotopic (exact) mass is 272 g/mol. The average molecular weight is 272 g/mol. The molecule has 0 radical (unpaired) electrons. The van der Waals surface area contributed by atoms with Crippen molar-refractivity contribution < 1.29 is 4.74 Å². The minimum absolute atomic E-state index is 0.505. The maximum atomic E-state index is 5.44. The number of hydrogen-bond acceptors (Lipinski definition) is 4. The number of aromatic nitrogens is 3. The Morgan fingerprint density at radius 3 is 2.85 bits per heavy atom. The van der Waals surface area contributed by atoms with Crippen LogP contribution in [-0.4, -0.2) is 41.3 Å². The quantitative estimate of drug-likeness (QED) is 0.877. The number of nitrogens with one attached hydrogen (secondary N) is 2. The molecule has 2 aromatic heterocycles. The zero-order valence-electron chi connectivity index (χ0n) is 11.6. The Hall–Kier alpha value is -1.46. The summed E-state index contributed by atoms with van der Waals surface area (Å²) < 4.78 is 5.44. The lowest BCUT2D eigenvalue weighted by Crippen LogP contribution is -2.15. The molecule has 0 unspecified atom stereocenters. The normalized spacial score (nSPS) is 24.5. The van der Waals surface area contributed by atoms with Crippen molar-refractivity contribution in [2.75, 3.05) is 26.3 Å². The van der Waals surface area contributed by atoms with Gasteiger partial charge in [0.2, 0.25) is 0 Å². The van der Waals surface area contributed by atoms with Gasteiger partial charge >= 0.3 is 0 Å². The summed E-state index contributed by atoms with van der Waals surface area (Å²) in [4.78, 5) is 12.8. The van der Waals surface area contributed by atoms with E-state index in [4.69, 9.17) is 9.72 Å². The number of H-pyrrole nitrogens is 1. The fourth-order valence-electron chi connectivity index (χ4n) is 3.35. The van der Waals surface area contributed by atoms with Crippen LogP contribution < -0.4 is 5.32 Å². The van der Waals surface area contributed by atoms with Crippen molar-refractivity contribution in [1.82, 2.24) is 20.3 Å². The molecule has 0 saturated carbocycles. The molecule has 20 heavy (non-hydrogen) atoms. The summed E-state index contributed by atoms with van der Waals surface area (Å²) in [5.74, 6) is 1.08. The number of hydrogen-bond donors (Lipinski definition) is 2. The van der Waals surface area contributed by atoms with E-state index in [1.807, 2.05) is 6.20 Å². The molecule has 0 amide bonds. The molecule has 2 saturated heterocycles. The third-order valence-corrected chi connectivity index (χ3v) is 4.57. The SMILES string of the molecule is c1nc2[nH]cc([C@H]3CCNC3)c2nc1C1CCOCC1. The molecule has 4 rings (SSSR count). The van der Waals surface area contributed by atoms with Gasteiger partial charge in [-0.05, 0) is 25.8 Å². The molecule has 2 fully saturated rings. The molecular weight excluding hydrogens is 252 g/mol. The molecule has 5 heteroatoms. The van der Waals surface area contributed by atoms with E-state index in [0.717, 1.165) is 56.0 Å². The average Bonchev–Trinajstić information content (AvgIpc) is 3.16. The van der Waals surface area contributed by atoms with Crippen LogP contribution in [0.1, 0.15) is 42.4 Å². The van der Waals surface area contributed by atoms with Gasteiger partial charge in [-0.1, -0.05) is 0 Å². The second kappa shape index (κ2) is 5.14. The van der Waals surface area contributed by atoms with E-state index < -0.39 is 0 Å². The number of aromatic amines is 1. The third-order valence-electron chi connectivity index (χ3n) is 4.57. The Bertz CT molecular complexity index is 597. The van der Waals surface area contributed by atoms with Gasteiger partial charge in [0.1, 0.15) is 5.52 Å². The first kappa shape index (κ1) is 12.3. The fourth-order valence-corrected chi connectivity index (χ4v) is 3.35. The van der Waals surface area contributed by atoms with Gasteiger partial charge in [-0.2, -0.15) is 0 Å². The smallest absolute Gasteiger partial charge is 0.156 e. The Labute approximate surface area is 118 Å². The van der Waals surface area contributed by atoms with Crippen LogP contribution in [0.2, 0.25) is 0 Å². The largest absolute Gasteiger partial charge is 0.381 e. The van der Waals surface area contributed by atoms with Crippen molar-refractivity contribution in [2.45, 2.75) is 31.1 Å². The molecule has 2 N–H and O–H groups in total. The lowest BCUT2D eigenvalue weighted by molar-refractivity contribution is 0.0845. The van der Waals surface area contributed by atoms with Crippen molar-refractivity contribution in [1.29, 1.82) is 0 Å². The highest BCUT2D eigenvalue weighted by Gasteiger charge is 2.23. The van der Waals surface area contributed by atoms with Crippen LogP contribution in [0.15, 0.2) is 12.4 Å². The first-order chi connectivity index (χ1) is 9.92. The summed E-state index contributed by atoms with van der Waals surface area (Å²) in [5.41, 5.74) is 4.45. The molecule has 106 valence electrons. The standard InChI is InChI=1S/C15H20N4O/c1-4-16-7-11(1)12-8-17-15-14(12)19-13(9-18-15)10-2-5-20-6-3-10/h8-11,16H,1-7H2,(H,17,18)/t11-/m0/s1. The molecule has 2 aromatic rings. The highest BCUT2D eigenvalue weighted by atomic mass is 16.5. The van der Waals surface area contributed by atoms with Gasteiger partial charge in [0.25, 0.3) is 0 Å². The summed E-state index contributed by atoms with van der Waals surface area (Å²) in [6.07, 6.45) is 7.34. The van der Waals surface area contributed by atoms with Crippen LogP contribution in [0.25, 0.3) is 11.2 Å². The molecule has 1 atom stereocenters. The molecule has 0 aromatic carbocycles. The van der Waals surface area contributed by atoms with Gasteiger partial charge in [-0.3, -0.25) is 0 Å². The third kappa shape index (κ3) is 2.11. The summed E-state index contributed by atoms with van der Waals surface area (Å²) >= 11 is 0. The fraction of sp³-hybridized carbons (Fsp3) is 0.600. The van der Waals surface area contributed by atoms with Crippen molar-refractivity contribution in [2.24, 2.45) is 0 Å². The second-order valence-electron chi connectivity index (χ2n) is 5.81. The summed E-state index contributed by atoms with van der Waals surface area (Å²) in [6.45, 7) is 3.84. The zero-order chi connectivity index (χ0) is 13.4. The summed E-state index contributed by atoms with van der Waals surface area (Å²) in [7, 11) is 0. The molecule has 0 spiro atoms. The summed E-state index contributed by atoms with van der Waals surface area (Å²) in [5, 5.41) is 3.42. The first-order valence-electron chi connectivity index (χ1n) is 7.54.